The molecule has 1 aromatic carbocycles. The number of hydrogen-bond donors (Lipinski definition) is 0. The first kappa shape index (κ1) is 14.6. The van der Waals surface area contributed by atoms with Crippen LogP contribution in [0.3, 0.4) is 0 Å². The third-order valence-corrected chi connectivity index (χ3v) is 5.82. The summed E-state index contributed by atoms with van der Waals surface area (Å²) >= 11 is 1.66. The fourth-order valence-electron chi connectivity index (χ4n) is 2.75. The van der Waals surface area contributed by atoms with Crippen LogP contribution in [0.4, 0.5) is 0 Å². The van der Waals surface area contributed by atoms with Crippen LogP contribution in [0.15, 0.2) is 53.7 Å². The van der Waals surface area contributed by atoms with Crippen molar-refractivity contribution < 1.29 is 0 Å². The molecular weight excluding hydrogens is 336 g/mol. The van der Waals surface area contributed by atoms with Crippen LogP contribution >= 0.6 is 9.70 Å². The van der Waals surface area contributed by atoms with Gasteiger partial charge in [-0.1, -0.05) is 0 Å². The Morgan fingerprint density at radius 2 is 1.95 bits per heavy atom. The van der Waals surface area contributed by atoms with E-state index >= 15 is 0 Å². The molecule has 0 saturated carbocycles. The molecule has 3 aromatic rings. The van der Waals surface area contributed by atoms with Crippen molar-refractivity contribution in [2.45, 2.75) is 18.2 Å². The normalized spacial score (nSPS) is 11.0. The van der Waals surface area contributed by atoms with E-state index in [0.717, 1.165) is 6.42 Å². The molecule has 2 heterocycles. The quantitative estimate of drug-likeness (QED) is 0.670. The number of nitrogens with zero attached hydrogens (tertiary/aromatic N) is 3. The van der Waals surface area contributed by atoms with Crippen LogP contribution in [0.1, 0.15) is 12.6 Å². The fourth-order valence-corrected chi connectivity index (χ4v) is 5.03. The zero-order valence-corrected chi connectivity index (χ0v) is 15.4. The van der Waals surface area contributed by atoms with Gasteiger partial charge in [-0.05, 0) is 0 Å². The second-order valence-electron chi connectivity index (χ2n) is 4.82. The van der Waals surface area contributed by atoms with E-state index in [4.69, 9.17) is 0 Å². The van der Waals surface area contributed by atoms with Gasteiger partial charge in [0.15, 0.2) is 0 Å². The zero-order chi connectivity index (χ0) is 14.8. The third-order valence-electron chi connectivity index (χ3n) is 3.68. The van der Waals surface area contributed by atoms with Gasteiger partial charge in [-0.15, -0.1) is 0 Å². The summed E-state index contributed by atoms with van der Waals surface area (Å²) in [6.07, 6.45) is 4.88. The van der Waals surface area contributed by atoms with Crippen LogP contribution in [0.5, 0.6) is 0 Å². The first-order valence-corrected chi connectivity index (χ1v) is 10.8. The number of rotatable bonds is 4. The molecule has 3 rings (SSSR count). The molecule has 2 radical (unpaired) electrons. The Morgan fingerprint density at radius 3 is 2.52 bits per heavy atom. The predicted octanol–water partition coefficient (Wildman–Crippen LogP) is 3.62. The van der Waals surface area contributed by atoms with Crippen LogP contribution in [0.2, 0.25) is 0 Å². The maximum atomic E-state index is 4.47. The average Bonchev–Trinajstić information content (AvgIpc) is 3.13. The standard InChI is InChI=1S/C16H17N3S.Ga/c1-3-13-16(20)15(19-11-7-10-17-19)14(18(13)2)12-8-5-4-6-9-12;/h4-11,20H,3H2,1-2H3;/q;+1/p-1. The van der Waals surface area contributed by atoms with E-state index in [1.165, 1.54) is 27.5 Å². The molecule has 0 saturated heterocycles. The minimum atomic E-state index is 1.02. The molecule has 0 aliphatic carbocycles. The monoisotopic (exact) mass is 351 g/mol. The van der Waals surface area contributed by atoms with Crippen LogP contribution in [0.25, 0.3) is 16.9 Å². The summed E-state index contributed by atoms with van der Waals surface area (Å²) in [6.45, 7) is 2.21. The van der Waals surface area contributed by atoms with Gasteiger partial charge in [0.1, 0.15) is 0 Å². The van der Waals surface area contributed by atoms with Gasteiger partial charge in [0, 0.05) is 0 Å². The van der Waals surface area contributed by atoms with E-state index in [0.29, 0.717) is 0 Å². The first-order chi connectivity index (χ1) is 10.3. The second kappa shape index (κ2) is 6.21. The molecule has 0 atom stereocenters. The molecule has 0 amide bonds. The van der Waals surface area contributed by atoms with Crippen molar-refractivity contribution in [1.82, 2.24) is 14.3 Å². The Bertz CT molecular complexity index is 733. The summed E-state index contributed by atoms with van der Waals surface area (Å²) in [7, 11) is 4.01. The summed E-state index contributed by atoms with van der Waals surface area (Å²) < 4.78 is 4.30. The van der Waals surface area contributed by atoms with E-state index < -0.39 is 0 Å². The number of hydrogen-bond acceptors (Lipinski definition) is 2. The second-order valence-corrected chi connectivity index (χ2v) is 6.95. The molecule has 0 fully saturated rings. The molecule has 21 heavy (non-hydrogen) atoms. The van der Waals surface area contributed by atoms with Gasteiger partial charge < -0.3 is 0 Å². The molecule has 0 aliphatic rings. The topological polar surface area (TPSA) is 22.8 Å². The molecule has 5 heteroatoms. The Morgan fingerprint density at radius 1 is 1.19 bits per heavy atom. The SMILES string of the molecule is CCc1c([S][Ga])c(-n2cccn2)c(-c2ccccc2)n1C. The van der Waals surface area contributed by atoms with Gasteiger partial charge in [0.25, 0.3) is 0 Å². The molecular formula is C16H16GaN3S. The molecule has 104 valence electrons. The Balaban J connectivity index is 2.35. The van der Waals surface area contributed by atoms with Gasteiger partial charge in [0.2, 0.25) is 0 Å². The van der Waals surface area contributed by atoms with Gasteiger partial charge in [0.05, 0.1) is 0 Å². The van der Waals surface area contributed by atoms with E-state index in [1.807, 2.05) is 32.8 Å². The van der Waals surface area contributed by atoms with E-state index in [2.05, 4.69) is 54.0 Å². The zero-order valence-electron chi connectivity index (χ0n) is 12.2. The number of benzene rings is 1. The van der Waals surface area contributed by atoms with E-state index in [9.17, 15) is 0 Å². The van der Waals surface area contributed by atoms with Gasteiger partial charge in [-0.2, -0.15) is 0 Å². The molecule has 0 N–H and O–H groups in total. The van der Waals surface area contributed by atoms with Crippen molar-refractivity contribution in [2.24, 2.45) is 7.05 Å². The van der Waals surface area contributed by atoms with Crippen LogP contribution < -0.4 is 0 Å². The van der Waals surface area contributed by atoms with Crippen molar-refractivity contribution in [3.63, 3.8) is 0 Å². The Hall–Kier alpha value is -1.30. The average molecular weight is 352 g/mol. The Kier molecular flexibility index (Phi) is 4.33. The fraction of sp³-hybridized carbons (Fsp3) is 0.188. The van der Waals surface area contributed by atoms with E-state index in [-0.39, 0.29) is 0 Å². The van der Waals surface area contributed by atoms with Crippen molar-refractivity contribution >= 4 is 27.1 Å². The van der Waals surface area contributed by atoms with Crippen LogP contribution in [-0.4, -0.2) is 31.7 Å². The van der Waals surface area contributed by atoms with E-state index in [1.54, 1.807) is 17.4 Å². The predicted molar refractivity (Wildman–Crippen MR) is 89.0 cm³/mol. The van der Waals surface area contributed by atoms with Gasteiger partial charge in [-0.25, -0.2) is 0 Å². The third kappa shape index (κ3) is 2.50. The summed E-state index contributed by atoms with van der Waals surface area (Å²) in [5, 5.41) is 4.47. The minimum absolute atomic E-state index is 1.02. The molecule has 0 aliphatic heterocycles. The van der Waals surface area contributed by atoms with Gasteiger partial charge in [-0.3, -0.25) is 0 Å². The summed E-state index contributed by atoms with van der Waals surface area (Å²) in [6, 6.07) is 12.5. The Labute approximate surface area is 138 Å². The molecule has 0 unspecified atom stereocenters. The molecule has 2 aromatic heterocycles. The van der Waals surface area contributed by atoms with Crippen molar-refractivity contribution in [2.75, 3.05) is 0 Å². The summed E-state index contributed by atoms with van der Waals surface area (Å²) in [4.78, 5) is 1.34. The van der Waals surface area contributed by atoms with Crippen molar-refractivity contribution in [3.8, 4) is 16.9 Å². The summed E-state index contributed by atoms with van der Waals surface area (Å²) in [5.41, 5.74) is 5.03. The summed E-state index contributed by atoms with van der Waals surface area (Å²) in [5.74, 6) is 0. The van der Waals surface area contributed by atoms with Crippen LogP contribution in [-0.2, 0) is 13.5 Å². The molecule has 3 nitrogen and oxygen atoms in total. The first-order valence-electron chi connectivity index (χ1n) is 6.91. The molecule has 0 bridgehead atoms. The maximum absolute atomic E-state index is 4.47. The van der Waals surface area contributed by atoms with Gasteiger partial charge >= 0.3 is 138 Å². The van der Waals surface area contributed by atoms with Crippen molar-refractivity contribution in [3.05, 3.63) is 54.5 Å². The number of aromatic nitrogens is 3. The molecule has 0 spiro atoms. The van der Waals surface area contributed by atoms with Crippen LogP contribution in [0, 0.1) is 0 Å². The van der Waals surface area contributed by atoms with Crippen molar-refractivity contribution in [1.29, 1.82) is 0 Å².